The summed E-state index contributed by atoms with van der Waals surface area (Å²) < 4.78 is 11.2. The van der Waals surface area contributed by atoms with E-state index in [1.807, 2.05) is 0 Å². The third kappa shape index (κ3) is 4.78. The Kier molecular flexibility index (Phi) is 6.08. The van der Waals surface area contributed by atoms with Crippen molar-refractivity contribution in [2.45, 2.75) is 6.54 Å². The minimum absolute atomic E-state index is 0.0132. The highest BCUT2D eigenvalue weighted by atomic mass is 16.6. The lowest BCUT2D eigenvalue weighted by molar-refractivity contribution is -0.384. The average molecular weight is 462 g/mol. The van der Waals surface area contributed by atoms with Crippen LogP contribution < -0.4 is 21.1 Å². The molecule has 0 saturated heterocycles. The van der Waals surface area contributed by atoms with E-state index in [0.717, 1.165) is 10.6 Å². The van der Waals surface area contributed by atoms with Gasteiger partial charge in [0.1, 0.15) is 12.3 Å². The minimum atomic E-state index is -0.809. The van der Waals surface area contributed by atoms with Gasteiger partial charge in [0.2, 0.25) is 5.91 Å². The molecule has 11 heteroatoms. The molecule has 0 aliphatic rings. The van der Waals surface area contributed by atoms with Gasteiger partial charge in [0.25, 0.3) is 11.6 Å². The van der Waals surface area contributed by atoms with E-state index in [1.165, 1.54) is 12.1 Å². The normalized spacial score (nSPS) is 10.6. The van der Waals surface area contributed by atoms with Crippen molar-refractivity contribution in [2.24, 2.45) is 0 Å². The Morgan fingerprint density at radius 1 is 1.00 bits per heavy atom. The van der Waals surface area contributed by atoms with Gasteiger partial charge in [-0.1, -0.05) is 0 Å². The van der Waals surface area contributed by atoms with E-state index in [4.69, 9.17) is 9.15 Å². The number of fused-ring (bicyclic) bond motifs is 1. The summed E-state index contributed by atoms with van der Waals surface area (Å²) in [6.07, 6.45) is 0. The highest BCUT2D eigenvalue weighted by Gasteiger charge is 2.16. The van der Waals surface area contributed by atoms with E-state index in [2.05, 4.69) is 10.6 Å². The number of amides is 2. The number of ether oxygens (including phenoxy) is 1. The van der Waals surface area contributed by atoms with Crippen molar-refractivity contribution in [1.29, 1.82) is 0 Å². The summed E-state index contributed by atoms with van der Waals surface area (Å²) >= 11 is 0. The summed E-state index contributed by atoms with van der Waals surface area (Å²) in [7, 11) is 1.55. The summed E-state index contributed by atoms with van der Waals surface area (Å²) in [6, 6.07) is 16.8. The third-order valence-corrected chi connectivity index (χ3v) is 4.94. The van der Waals surface area contributed by atoms with E-state index >= 15 is 0 Å². The molecule has 0 saturated carbocycles. The maximum Gasteiger partial charge on any atom is 0.420 e. The lowest BCUT2D eigenvalue weighted by Gasteiger charge is -2.08. The van der Waals surface area contributed by atoms with Crippen molar-refractivity contribution in [3.63, 3.8) is 0 Å². The predicted octanol–water partition coefficient (Wildman–Crippen LogP) is 3.40. The van der Waals surface area contributed by atoms with Gasteiger partial charge in [-0.15, -0.1) is 0 Å². The fourth-order valence-electron chi connectivity index (χ4n) is 3.25. The van der Waals surface area contributed by atoms with Gasteiger partial charge in [0.05, 0.1) is 23.6 Å². The number of anilines is 2. The van der Waals surface area contributed by atoms with Crippen molar-refractivity contribution >= 4 is 40.0 Å². The van der Waals surface area contributed by atoms with Crippen molar-refractivity contribution in [3.8, 4) is 5.75 Å². The Labute approximate surface area is 191 Å². The molecule has 0 aliphatic heterocycles. The number of aromatic nitrogens is 1. The monoisotopic (exact) mass is 462 g/mol. The van der Waals surface area contributed by atoms with Crippen LogP contribution in [0, 0.1) is 10.1 Å². The molecule has 11 nitrogen and oxygen atoms in total. The molecule has 0 radical (unpaired) electrons. The number of methoxy groups -OCH3 is 1. The molecule has 34 heavy (non-hydrogen) atoms. The fourth-order valence-corrected chi connectivity index (χ4v) is 3.25. The number of nitrogens with zero attached hydrogens (tertiary/aromatic N) is 2. The first-order chi connectivity index (χ1) is 16.3. The van der Waals surface area contributed by atoms with Gasteiger partial charge >= 0.3 is 5.76 Å². The van der Waals surface area contributed by atoms with E-state index in [9.17, 15) is 24.5 Å². The number of non-ortho nitro benzene ring substituents is 1. The summed E-state index contributed by atoms with van der Waals surface area (Å²) in [5.74, 6) is -0.978. The Balaban J connectivity index is 1.41. The Bertz CT molecular complexity index is 1440. The predicted molar refractivity (Wildman–Crippen MR) is 123 cm³/mol. The second-order valence-corrected chi connectivity index (χ2v) is 7.17. The molecular formula is C23H18N4O7. The molecule has 2 N–H and O–H groups in total. The molecule has 4 rings (SSSR count). The number of benzene rings is 3. The van der Waals surface area contributed by atoms with Crippen LogP contribution in [0.2, 0.25) is 0 Å². The summed E-state index contributed by atoms with van der Waals surface area (Å²) in [5, 5.41) is 16.3. The summed E-state index contributed by atoms with van der Waals surface area (Å²) in [6.45, 7) is -0.358. The van der Waals surface area contributed by atoms with E-state index in [-0.39, 0.29) is 29.2 Å². The maximum atomic E-state index is 12.5. The average Bonchev–Trinajstić information content (AvgIpc) is 3.14. The summed E-state index contributed by atoms with van der Waals surface area (Å²) in [4.78, 5) is 47.3. The fraction of sp³-hybridized carbons (Fsp3) is 0.0870. The Morgan fingerprint density at radius 2 is 1.65 bits per heavy atom. The number of hydrogen-bond donors (Lipinski definition) is 2. The van der Waals surface area contributed by atoms with Crippen LogP contribution in [0.5, 0.6) is 5.75 Å². The van der Waals surface area contributed by atoms with Crippen LogP contribution >= 0.6 is 0 Å². The number of carbonyl (C=O) groups excluding carboxylic acids is 2. The van der Waals surface area contributed by atoms with Crippen LogP contribution in [0.3, 0.4) is 0 Å². The topological polar surface area (TPSA) is 146 Å². The van der Waals surface area contributed by atoms with Crippen LogP contribution in [-0.2, 0) is 11.3 Å². The molecule has 0 bridgehead atoms. The maximum absolute atomic E-state index is 12.5. The van der Waals surface area contributed by atoms with Gasteiger partial charge in [0.15, 0.2) is 5.58 Å². The van der Waals surface area contributed by atoms with Crippen molar-refractivity contribution < 1.29 is 23.7 Å². The molecule has 0 unspecified atom stereocenters. The van der Waals surface area contributed by atoms with Crippen LogP contribution in [-0.4, -0.2) is 28.4 Å². The highest BCUT2D eigenvalue weighted by molar-refractivity contribution is 6.04. The van der Waals surface area contributed by atoms with Gasteiger partial charge in [-0.25, -0.2) is 4.79 Å². The summed E-state index contributed by atoms with van der Waals surface area (Å²) in [5.41, 5.74) is 1.45. The van der Waals surface area contributed by atoms with Gasteiger partial charge in [0, 0.05) is 23.0 Å². The van der Waals surface area contributed by atoms with E-state index in [0.29, 0.717) is 22.7 Å². The Hall–Kier alpha value is -4.93. The van der Waals surface area contributed by atoms with Gasteiger partial charge < -0.3 is 19.8 Å². The second kappa shape index (κ2) is 9.28. The highest BCUT2D eigenvalue weighted by Crippen LogP contribution is 2.20. The molecule has 0 spiro atoms. The molecular weight excluding hydrogens is 444 g/mol. The molecule has 2 amide bonds. The lowest BCUT2D eigenvalue weighted by Crippen LogP contribution is -2.24. The van der Waals surface area contributed by atoms with Gasteiger partial charge in [-0.3, -0.25) is 24.3 Å². The number of hydrogen-bond acceptors (Lipinski definition) is 7. The first-order valence-corrected chi connectivity index (χ1v) is 9.97. The lowest BCUT2D eigenvalue weighted by atomic mass is 10.2. The van der Waals surface area contributed by atoms with E-state index < -0.39 is 16.6 Å². The second-order valence-electron chi connectivity index (χ2n) is 7.17. The van der Waals surface area contributed by atoms with Crippen LogP contribution in [0.25, 0.3) is 11.1 Å². The van der Waals surface area contributed by atoms with Crippen molar-refractivity contribution in [2.75, 3.05) is 17.7 Å². The first kappa shape index (κ1) is 22.3. The molecule has 1 aromatic heterocycles. The third-order valence-electron chi connectivity index (χ3n) is 4.94. The number of oxazole rings is 1. The van der Waals surface area contributed by atoms with Crippen molar-refractivity contribution in [1.82, 2.24) is 4.57 Å². The molecule has 172 valence electrons. The van der Waals surface area contributed by atoms with Crippen molar-refractivity contribution in [3.05, 3.63) is 93.0 Å². The zero-order chi connectivity index (χ0) is 24.2. The minimum Gasteiger partial charge on any atom is -0.497 e. The van der Waals surface area contributed by atoms with Crippen LogP contribution in [0.15, 0.2) is 75.9 Å². The molecule has 0 aliphatic carbocycles. The number of carbonyl (C=O) groups is 2. The molecule has 4 aromatic rings. The van der Waals surface area contributed by atoms with Gasteiger partial charge in [-0.05, 0) is 54.6 Å². The van der Waals surface area contributed by atoms with E-state index in [1.54, 1.807) is 55.6 Å². The van der Waals surface area contributed by atoms with Crippen LogP contribution in [0.1, 0.15) is 10.4 Å². The number of rotatable bonds is 7. The SMILES string of the molecule is COc1ccc(NC(=O)c2ccc(NC(=O)Cn3c(=O)oc4cc([N+](=O)[O-])ccc43)cc2)cc1. The molecule has 0 atom stereocenters. The van der Waals surface area contributed by atoms with Gasteiger partial charge in [-0.2, -0.15) is 0 Å². The zero-order valence-electron chi connectivity index (χ0n) is 17.8. The number of nitro groups is 1. The largest absolute Gasteiger partial charge is 0.497 e. The first-order valence-electron chi connectivity index (χ1n) is 9.97. The standard InChI is InChI=1S/C23H18N4O7/c1-33-18-9-6-16(7-10-18)25-22(29)14-2-4-15(5-3-14)24-21(28)13-26-19-11-8-17(27(31)32)12-20(19)34-23(26)30/h2-12H,13H2,1H3,(H,24,28)(H,25,29). The quantitative estimate of drug-likeness (QED) is 0.316. The smallest absolute Gasteiger partial charge is 0.420 e. The molecule has 1 heterocycles. The number of nitrogens with one attached hydrogen (secondary N) is 2. The number of nitro benzene ring substituents is 1. The molecule has 0 fully saturated rings. The zero-order valence-corrected chi connectivity index (χ0v) is 17.8. The Morgan fingerprint density at radius 3 is 2.29 bits per heavy atom. The molecule has 3 aromatic carbocycles. The van der Waals surface area contributed by atoms with Crippen LogP contribution in [0.4, 0.5) is 17.1 Å².